The van der Waals surface area contributed by atoms with Gasteiger partial charge in [0.1, 0.15) is 11.5 Å². The molecule has 0 saturated carbocycles. The molecule has 31 heavy (non-hydrogen) atoms. The molecule has 5 nitrogen and oxygen atoms in total. The minimum atomic E-state index is -0.133. The summed E-state index contributed by atoms with van der Waals surface area (Å²) in [6.07, 6.45) is 8.83. The number of likely N-dealkylation sites (tertiary alicyclic amines) is 1. The Balaban J connectivity index is 1.47. The molecule has 6 heteroatoms. The molecule has 0 amide bonds. The number of phenols is 1. The molecule has 0 aliphatic carbocycles. The third kappa shape index (κ3) is 3.77. The fourth-order valence-corrected chi connectivity index (χ4v) is 5.28. The van der Waals surface area contributed by atoms with Crippen LogP contribution in [0.3, 0.4) is 0 Å². The number of ketones is 1. The van der Waals surface area contributed by atoms with Gasteiger partial charge in [0.2, 0.25) is 5.78 Å². The first-order valence-corrected chi connectivity index (χ1v) is 11.5. The van der Waals surface area contributed by atoms with Gasteiger partial charge in [-0.1, -0.05) is 12.5 Å². The number of carbonyl (C=O) groups is 1. The van der Waals surface area contributed by atoms with Crippen LogP contribution in [0.15, 0.2) is 53.9 Å². The van der Waals surface area contributed by atoms with Crippen molar-refractivity contribution >= 4 is 23.2 Å². The van der Waals surface area contributed by atoms with Crippen LogP contribution in [0.2, 0.25) is 0 Å². The minimum Gasteiger partial charge on any atom is -0.507 e. The summed E-state index contributed by atoms with van der Waals surface area (Å²) in [5.41, 5.74) is 3.48. The topological polar surface area (TPSA) is 62.7 Å². The van der Waals surface area contributed by atoms with Gasteiger partial charge >= 0.3 is 0 Å². The van der Waals surface area contributed by atoms with Gasteiger partial charge in [0.05, 0.1) is 11.1 Å². The number of hydrogen-bond donors (Lipinski definition) is 1. The molecule has 1 saturated heterocycles. The van der Waals surface area contributed by atoms with Gasteiger partial charge in [-0.05, 0) is 67.1 Å². The van der Waals surface area contributed by atoms with E-state index in [1.54, 1.807) is 29.7 Å². The molecule has 1 fully saturated rings. The summed E-state index contributed by atoms with van der Waals surface area (Å²) in [6.45, 7) is 3.46. The molecule has 2 aromatic heterocycles. The number of allylic oxidation sites excluding steroid dienone is 1. The van der Waals surface area contributed by atoms with E-state index < -0.39 is 0 Å². The molecule has 5 rings (SSSR count). The van der Waals surface area contributed by atoms with Crippen LogP contribution < -0.4 is 4.74 Å². The fourth-order valence-electron chi connectivity index (χ4n) is 4.43. The van der Waals surface area contributed by atoms with E-state index in [0.29, 0.717) is 29.2 Å². The summed E-state index contributed by atoms with van der Waals surface area (Å²) in [5, 5.41) is 12.7. The third-order valence-corrected chi connectivity index (χ3v) is 7.09. The number of aromatic nitrogens is 1. The summed E-state index contributed by atoms with van der Waals surface area (Å²) in [7, 11) is 0. The number of hydrogen-bond acceptors (Lipinski definition) is 6. The second-order valence-electron chi connectivity index (χ2n) is 8.12. The first-order chi connectivity index (χ1) is 15.1. The normalized spacial score (nSPS) is 20.1. The highest BCUT2D eigenvalue weighted by Crippen LogP contribution is 2.42. The zero-order valence-corrected chi connectivity index (χ0v) is 18.2. The minimum absolute atomic E-state index is 0.133. The number of fused-ring (bicyclic) bond motifs is 1. The van der Waals surface area contributed by atoms with E-state index in [2.05, 4.69) is 16.0 Å². The average molecular weight is 433 g/mol. The monoisotopic (exact) mass is 432 g/mol. The van der Waals surface area contributed by atoms with Crippen molar-refractivity contribution in [3.8, 4) is 11.5 Å². The average Bonchev–Trinajstić information content (AvgIpc) is 3.34. The molecular formula is C25H24N2O3S. The Labute approximate surface area is 185 Å². The van der Waals surface area contributed by atoms with E-state index in [1.807, 2.05) is 36.7 Å². The molecule has 0 radical (unpaired) electrons. The van der Waals surface area contributed by atoms with Gasteiger partial charge in [-0.3, -0.25) is 14.7 Å². The van der Waals surface area contributed by atoms with Crippen molar-refractivity contribution < 1.29 is 14.6 Å². The Morgan fingerprint density at radius 3 is 2.97 bits per heavy atom. The number of Topliss-reactive ketones (excluding diaryl/α,β-unsaturated/α-hetero) is 1. The van der Waals surface area contributed by atoms with Crippen molar-refractivity contribution in [3.05, 3.63) is 81.0 Å². The molecule has 0 bridgehead atoms. The Kier molecular flexibility index (Phi) is 5.34. The number of carbonyl (C=O) groups excluding carboxylic acids is 1. The Bertz CT molecular complexity index is 1150. The summed E-state index contributed by atoms with van der Waals surface area (Å²) >= 11 is 1.58. The van der Waals surface area contributed by atoms with Crippen molar-refractivity contribution in [2.75, 3.05) is 6.54 Å². The number of nitrogens with zero attached hydrogens (tertiary/aromatic N) is 2. The number of aromatic hydroxyl groups is 1. The zero-order chi connectivity index (χ0) is 21.4. The molecular weight excluding hydrogens is 408 g/mol. The van der Waals surface area contributed by atoms with Crippen molar-refractivity contribution in [2.24, 2.45) is 0 Å². The predicted molar refractivity (Wildman–Crippen MR) is 121 cm³/mol. The third-order valence-electron chi connectivity index (χ3n) is 6.12. The summed E-state index contributed by atoms with van der Waals surface area (Å²) in [4.78, 5) is 20.6. The van der Waals surface area contributed by atoms with E-state index in [1.165, 1.54) is 5.56 Å². The second kappa shape index (κ2) is 8.29. The standard InChI is InChI=1S/C25H24N2O3S/c1-16-9-12-31-23(16)13-22-24(29)18-7-8-21(28)19(25(18)30-22)15-27-11-3-2-6-20(27)17-5-4-10-26-14-17/h4-5,7-10,12-14,20,28H,2-3,6,11,15H2,1H3/b22-13-/t20-/m0/s1. The van der Waals surface area contributed by atoms with Gasteiger partial charge in [0.25, 0.3) is 0 Å². The molecule has 2 aliphatic heterocycles. The van der Waals surface area contributed by atoms with Crippen LogP contribution in [-0.4, -0.2) is 27.3 Å². The number of phenolic OH excluding ortho intramolecular Hbond substituents is 1. The number of ether oxygens (including phenoxy) is 1. The maximum absolute atomic E-state index is 13.0. The summed E-state index contributed by atoms with van der Waals surface area (Å²) in [5.74, 6) is 0.831. The van der Waals surface area contributed by atoms with Crippen LogP contribution >= 0.6 is 11.3 Å². The Morgan fingerprint density at radius 1 is 1.29 bits per heavy atom. The zero-order valence-electron chi connectivity index (χ0n) is 17.4. The van der Waals surface area contributed by atoms with Gasteiger partial charge in [-0.25, -0.2) is 0 Å². The predicted octanol–water partition coefficient (Wildman–Crippen LogP) is 5.50. The Hall–Kier alpha value is -2.96. The first kappa shape index (κ1) is 20.0. The molecule has 0 unspecified atom stereocenters. The first-order valence-electron chi connectivity index (χ1n) is 10.6. The van der Waals surface area contributed by atoms with Crippen LogP contribution in [0, 0.1) is 6.92 Å². The van der Waals surface area contributed by atoms with Crippen molar-refractivity contribution in [1.82, 2.24) is 9.88 Å². The lowest BCUT2D eigenvalue weighted by Crippen LogP contribution is -2.33. The highest BCUT2D eigenvalue weighted by molar-refractivity contribution is 7.11. The lowest BCUT2D eigenvalue weighted by atomic mass is 9.95. The number of piperidine rings is 1. The van der Waals surface area contributed by atoms with Gasteiger partial charge in [-0.15, -0.1) is 11.3 Å². The maximum atomic E-state index is 13.0. The molecule has 0 spiro atoms. The molecule has 3 aromatic rings. The number of rotatable bonds is 4. The van der Waals surface area contributed by atoms with E-state index >= 15 is 0 Å². The van der Waals surface area contributed by atoms with Crippen molar-refractivity contribution in [3.63, 3.8) is 0 Å². The number of thiophene rings is 1. The van der Waals surface area contributed by atoms with E-state index in [9.17, 15) is 9.90 Å². The second-order valence-corrected chi connectivity index (χ2v) is 9.06. The molecule has 1 N–H and O–H groups in total. The molecule has 2 aliphatic rings. The number of benzene rings is 1. The highest BCUT2D eigenvalue weighted by atomic mass is 32.1. The van der Waals surface area contributed by atoms with E-state index in [4.69, 9.17) is 4.74 Å². The van der Waals surface area contributed by atoms with Crippen LogP contribution in [0.1, 0.15) is 57.2 Å². The van der Waals surface area contributed by atoms with Crippen LogP contribution in [-0.2, 0) is 6.54 Å². The van der Waals surface area contributed by atoms with Crippen molar-refractivity contribution in [1.29, 1.82) is 0 Å². The van der Waals surface area contributed by atoms with Crippen LogP contribution in [0.25, 0.3) is 6.08 Å². The molecule has 158 valence electrons. The molecule has 4 heterocycles. The maximum Gasteiger partial charge on any atom is 0.232 e. The van der Waals surface area contributed by atoms with Gasteiger partial charge < -0.3 is 9.84 Å². The molecule has 1 atom stereocenters. The highest BCUT2D eigenvalue weighted by Gasteiger charge is 2.33. The SMILES string of the molecule is Cc1ccsc1/C=C1\Oc2c(ccc(O)c2CN2CCCC[C@H]2c2cccnc2)C1=O. The molecule has 1 aromatic carbocycles. The smallest absolute Gasteiger partial charge is 0.232 e. The largest absolute Gasteiger partial charge is 0.507 e. The summed E-state index contributed by atoms with van der Waals surface area (Å²) in [6, 6.07) is 9.60. The number of aryl methyl sites for hydroxylation is 1. The number of pyridine rings is 1. The lowest BCUT2D eigenvalue weighted by Gasteiger charge is -2.36. The quantitative estimate of drug-likeness (QED) is 0.552. The van der Waals surface area contributed by atoms with Crippen LogP contribution in [0.5, 0.6) is 11.5 Å². The summed E-state index contributed by atoms with van der Waals surface area (Å²) < 4.78 is 6.06. The fraction of sp³-hybridized carbons (Fsp3) is 0.280. The van der Waals surface area contributed by atoms with E-state index in [-0.39, 0.29) is 17.6 Å². The van der Waals surface area contributed by atoms with Crippen LogP contribution in [0.4, 0.5) is 0 Å². The van der Waals surface area contributed by atoms with Gasteiger partial charge in [0.15, 0.2) is 5.76 Å². The van der Waals surface area contributed by atoms with Gasteiger partial charge in [-0.2, -0.15) is 0 Å². The van der Waals surface area contributed by atoms with E-state index in [0.717, 1.165) is 36.2 Å². The lowest BCUT2D eigenvalue weighted by molar-refractivity contribution is 0.101. The van der Waals surface area contributed by atoms with Gasteiger partial charge in [0, 0.05) is 35.9 Å². The van der Waals surface area contributed by atoms with Crippen molar-refractivity contribution in [2.45, 2.75) is 38.8 Å². The Morgan fingerprint density at radius 2 is 2.19 bits per heavy atom.